The molecular weight excluding hydrogens is 436 g/mol. The third-order valence-electron chi connectivity index (χ3n) is 6.80. The van der Waals surface area contributed by atoms with Crippen LogP contribution in [0.3, 0.4) is 0 Å². The molecule has 0 spiro atoms. The lowest BCUT2D eigenvalue weighted by atomic mass is 9.98. The van der Waals surface area contributed by atoms with E-state index in [-0.39, 0.29) is 37.2 Å². The summed E-state index contributed by atoms with van der Waals surface area (Å²) in [7, 11) is 0. The number of nitrogens with zero attached hydrogens (tertiary/aromatic N) is 1. The van der Waals surface area contributed by atoms with Gasteiger partial charge in [0.1, 0.15) is 12.6 Å². The highest BCUT2D eigenvalue weighted by atomic mass is 16.5. The second-order valence-corrected chi connectivity index (χ2v) is 9.03. The fourth-order valence-electron chi connectivity index (χ4n) is 4.91. The quantitative estimate of drug-likeness (QED) is 0.551. The van der Waals surface area contributed by atoms with Crippen LogP contribution in [0.4, 0.5) is 4.79 Å². The molecule has 2 aromatic carbocycles. The normalized spacial score (nSPS) is 18.6. The van der Waals surface area contributed by atoms with Crippen LogP contribution in [-0.4, -0.2) is 64.9 Å². The molecule has 3 atom stereocenters. The van der Waals surface area contributed by atoms with Crippen molar-refractivity contribution in [2.75, 3.05) is 19.7 Å². The first-order chi connectivity index (χ1) is 16.3. The van der Waals surface area contributed by atoms with Gasteiger partial charge in [-0.05, 0) is 42.0 Å². The number of hydrogen-bond acceptors (Lipinski definition) is 5. The van der Waals surface area contributed by atoms with E-state index >= 15 is 0 Å². The molecule has 3 N–H and O–H groups in total. The summed E-state index contributed by atoms with van der Waals surface area (Å²) in [4.78, 5) is 38.4. The third-order valence-corrected chi connectivity index (χ3v) is 6.80. The van der Waals surface area contributed by atoms with Crippen molar-refractivity contribution in [3.63, 3.8) is 0 Å². The standard InChI is InChI=1S/C26H30N2O6/c1-16(29)17-12-13-28(14-17)25(32)23(10-11-24(30)31)27-26(33)34-15-22-20-8-4-2-6-18(20)19-7-3-5-9-21(19)22/h2-9,16-17,22-23,29H,10-15H2,1H3,(H,27,33)(H,30,31). The molecule has 0 saturated carbocycles. The second kappa shape index (κ2) is 10.3. The number of rotatable bonds is 8. The Labute approximate surface area is 198 Å². The lowest BCUT2D eigenvalue weighted by Gasteiger charge is -2.24. The number of aliphatic carboxylic acids is 1. The van der Waals surface area contributed by atoms with Crippen LogP contribution in [-0.2, 0) is 14.3 Å². The number of alkyl carbamates (subject to hydrolysis) is 1. The first-order valence-corrected chi connectivity index (χ1v) is 11.6. The highest BCUT2D eigenvalue weighted by Crippen LogP contribution is 2.44. The van der Waals surface area contributed by atoms with Gasteiger partial charge in [-0.2, -0.15) is 0 Å². The van der Waals surface area contributed by atoms with E-state index in [0.717, 1.165) is 22.3 Å². The largest absolute Gasteiger partial charge is 0.481 e. The van der Waals surface area contributed by atoms with E-state index in [2.05, 4.69) is 5.32 Å². The summed E-state index contributed by atoms with van der Waals surface area (Å²) in [5.41, 5.74) is 4.39. The SMILES string of the molecule is CC(O)C1CCN(C(=O)C(CCC(=O)O)NC(=O)OCC2c3ccccc3-c3ccccc32)C1. The number of fused-ring (bicyclic) bond motifs is 3. The number of ether oxygens (including phenoxy) is 1. The topological polar surface area (TPSA) is 116 Å². The highest BCUT2D eigenvalue weighted by molar-refractivity contribution is 5.86. The molecule has 8 nitrogen and oxygen atoms in total. The average molecular weight is 467 g/mol. The van der Waals surface area contributed by atoms with Gasteiger partial charge in [0, 0.05) is 31.3 Å². The Balaban J connectivity index is 1.41. The molecule has 2 aromatic rings. The first-order valence-electron chi connectivity index (χ1n) is 11.6. The maximum Gasteiger partial charge on any atom is 0.407 e. The molecule has 0 aromatic heterocycles. The van der Waals surface area contributed by atoms with Gasteiger partial charge in [0.25, 0.3) is 0 Å². The van der Waals surface area contributed by atoms with Crippen LogP contribution < -0.4 is 5.32 Å². The van der Waals surface area contributed by atoms with Crippen LogP contribution in [0, 0.1) is 5.92 Å². The Morgan fingerprint density at radius 2 is 1.71 bits per heavy atom. The lowest BCUT2D eigenvalue weighted by Crippen LogP contribution is -2.48. The van der Waals surface area contributed by atoms with Gasteiger partial charge in [0.05, 0.1) is 6.10 Å². The van der Waals surface area contributed by atoms with Gasteiger partial charge < -0.3 is 25.2 Å². The van der Waals surface area contributed by atoms with Crippen molar-refractivity contribution in [3.8, 4) is 11.1 Å². The molecule has 180 valence electrons. The minimum atomic E-state index is -1.05. The molecule has 0 radical (unpaired) electrons. The molecule has 1 aliphatic heterocycles. The Bertz CT molecular complexity index is 1020. The molecule has 2 amide bonds. The second-order valence-electron chi connectivity index (χ2n) is 9.03. The van der Waals surface area contributed by atoms with Gasteiger partial charge in [-0.25, -0.2) is 4.79 Å². The molecule has 2 aliphatic rings. The minimum Gasteiger partial charge on any atom is -0.481 e. The fraction of sp³-hybridized carbons (Fsp3) is 0.423. The number of likely N-dealkylation sites (tertiary alicyclic amines) is 1. The highest BCUT2D eigenvalue weighted by Gasteiger charge is 2.34. The van der Waals surface area contributed by atoms with Gasteiger partial charge in [-0.15, -0.1) is 0 Å². The number of nitrogens with one attached hydrogen (secondary N) is 1. The molecular formula is C26H30N2O6. The van der Waals surface area contributed by atoms with Gasteiger partial charge in [0.15, 0.2) is 0 Å². The maximum absolute atomic E-state index is 13.0. The van der Waals surface area contributed by atoms with Gasteiger partial charge in [-0.1, -0.05) is 48.5 Å². The Morgan fingerprint density at radius 1 is 1.09 bits per heavy atom. The van der Waals surface area contributed by atoms with Gasteiger partial charge in [0.2, 0.25) is 5.91 Å². The van der Waals surface area contributed by atoms with Crippen LogP contribution in [0.5, 0.6) is 0 Å². The van der Waals surface area contributed by atoms with Crippen LogP contribution in [0.15, 0.2) is 48.5 Å². The number of amides is 2. The smallest absolute Gasteiger partial charge is 0.407 e. The predicted molar refractivity (Wildman–Crippen MR) is 125 cm³/mol. The molecule has 0 bridgehead atoms. The van der Waals surface area contributed by atoms with E-state index < -0.39 is 24.2 Å². The van der Waals surface area contributed by atoms with E-state index in [1.54, 1.807) is 11.8 Å². The van der Waals surface area contributed by atoms with Crippen LogP contribution in [0.1, 0.15) is 43.2 Å². The minimum absolute atomic E-state index is 0.0291. The van der Waals surface area contributed by atoms with Crippen molar-refractivity contribution in [2.45, 2.75) is 44.2 Å². The van der Waals surface area contributed by atoms with E-state index in [4.69, 9.17) is 9.84 Å². The van der Waals surface area contributed by atoms with Crippen molar-refractivity contribution >= 4 is 18.0 Å². The summed E-state index contributed by atoms with van der Waals surface area (Å²) in [6.07, 6.45) is -0.913. The Hall–Kier alpha value is -3.39. The van der Waals surface area contributed by atoms with Crippen molar-refractivity contribution in [2.24, 2.45) is 5.92 Å². The van der Waals surface area contributed by atoms with Gasteiger partial charge in [-0.3, -0.25) is 9.59 Å². The van der Waals surface area contributed by atoms with Crippen LogP contribution in [0.25, 0.3) is 11.1 Å². The van der Waals surface area contributed by atoms with Crippen molar-refractivity contribution in [3.05, 3.63) is 59.7 Å². The monoisotopic (exact) mass is 466 g/mol. The van der Waals surface area contributed by atoms with Gasteiger partial charge >= 0.3 is 12.1 Å². The van der Waals surface area contributed by atoms with Crippen molar-refractivity contribution in [1.82, 2.24) is 10.2 Å². The number of carbonyl (C=O) groups excluding carboxylic acids is 2. The summed E-state index contributed by atoms with van der Waals surface area (Å²) in [5.74, 6) is -1.54. The summed E-state index contributed by atoms with van der Waals surface area (Å²) in [6.45, 7) is 2.64. The van der Waals surface area contributed by atoms with Crippen LogP contribution >= 0.6 is 0 Å². The molecule has 3 unspecified atom stereocenters. The number of carboxylic acid groups (broad SMARTS) is 1. The van der Waals surface area contributed by atoms with E-state index in [9.17, 15) is 19.5 Å². The molecule has 34 heavy (non-hydrogen) atoms. The third kappa shape index (κ3) is 5.07. The number of benzene rings is 2. The predicted octanol–water partition coefficient (Wildman–Crippen LogP) is 2.99. The molecule has 1 saturated heterocycles. The lowest BCUT2D eigenvalue weighted by molar-refractivity contribution is -0.137. The molecule has 1 heterocycles. The molecule has 8 heteroatoms. The zero-order chi connectivity index (χ0) is 24.2. The zero-order valence-corrected chi connectivity index (χ0v) is 19.1. The Kier molecular flexibility index (Phi) is 7.17. The van der Waals surface area contributed by atoms with Crippen molar-refractivity contribution < 1.29 is 29.3 Å². The summed E-state index contributed by atoms with van der Waals surface area (Å²) in [6, 6.07) is 15.0. The summed E-state index contributed by atoms with van der Waals surface area (Å²) >= 11 is 0. The number of aliphatic hydroxyl groups excluding tert-OH is 1. The number of carboxylic acids is 1. The van der Waals surface area contributed by atoms with Crippen molar-refractivity contribution in [1.29, 1.82) is 0 Å². The van der Waals surface area contributed by atoms with Crippen LogP contribution in [0.2, 0.25) is 0 Å². The number of carbonyl (C=O) groups is 3. The number of hydrogen-bond donors (Lipinski definition) is 3. The number of aliphatic hydroxyl groups is 1. The summed E-state index contributed by atoms with van der Waals surface area (Å²) < 4.78 is 5.54. The van der Waals surface area contributed by atoms with E-state index in [1.807, 2.05) is 48.5 Å². The van der Waals surface area contributed by atoms with E-state index in [0.29, 0.717) is 19.5 Å². The molecule has 1 fully saturated rings. The van der Waals surface area contributed by atoms with E-state index in [1.165, 1.54) is 0 Å². The first kappa shape index (κ1) is 23.8. The maximum atomic E-state index is 13.0. The summed E-state index contributed by atoms with van der Waals surface area (Å²) in [5, 5.41) is 21.5. The molecule has 4 rings (SSSR count). The average Bonchev–Trinajstić information content (AvgIpc) is 3.44. The fourth-order valence-corrected chi connectivity index (χ4v) is 4.91. The Morgan fingerprint density at radius 3 is 2.26 bits per heavy atom. The molecule has 1 aliphatic carbocycles. The zero-order valence-electron chi connectivity index (χ0n) is 19.1.